The maximum Gasteiger partial charge on any atom is 0.161 e. The van der Waals surface area contributed by atoms with Gasteiger partial charge in [0.25, 0.3) is 0 Å². The smallest absolute Gasteiger partial charge is 0.161 e. The van der Waals surface area contributed by atoms with Crippen molar-refractivity contribution in [2.75, 3.05) is 0 Å². The summed E-state index contributed by atoms with van der Waals surface area (Å²) in [6.07, 6.45) is 6.41. The van der Waals surface area contributed by atoms with Crippen LogP contribution in [0, 0.1) is 12.3 Å². The lowest BCUT2D eigenvalue weighted by atomic mass is 10.1. The highest BCUT2D eigenvalue weighted by Gasteiger charge is 2.10. The Morgan fingerprint density at radius 2 is 2.36 bits per heavy atom. The Hall–Kier alpha value is -0.810. The van der Waals surface area contributed by atoms with E-state index in [4.69, 9.17) is 11.5 Å². The van der Waals surface area contributed by atoms with Crippen molar-refractivity contribution >= 4 is 5.78 Å². The summed E-state index contributed by atoms with van der Waals surface area (Å²) in [4.78, 5) is 10.9. The summed E-state index contributed by atoms with van der Waals surface area (Å²) in [6, 6.07) is 0. The van der Waals surface area contributed by atoms with Crippen LogP contribution in [-0.2, 0) is 4.79 Å². The lowest BCUT2D eigenvalue weighted by molar-refractivity contribution is -0.127. The number of hydrogen-bond acceptors (Lipinski definition) is 2. The number of carbonyl (C=O) groups excluding carboxylic acids is 1. The monoisotopic (exact) mass is 154 g/mol. The predicted octanol–water partition coefficient (Wildman–Crippen LogP) is 1.13. The van der Waals surface area contributed by atoms with Crippen molar-refractivity contribution in [1.82, 2.24) is 0 Å². The van der Waals surface area contributed by atoms with E-state index in [2.05, 4.69) is 5.92 Å². The molecule has 0 fully saturated rings. The van der Waals surface area contributed by atoms with E-state index in [1.54, 1.807) is 6.92 Å². The molecule has 0 spiro atoms. The number of hydrogen-bond donors (Lipinski definition) is 1. The van der Waals surface area contributed by atoms with Gasteiger partial charge in [0.15, 0.2) is 5.78 Å². The third kappa shape index (κ3) is 4.58. The molecule has 0 saturated heterocycles. The summed E-state index contributed by atoms with van der Waals surface area (Å²) >= 11 is 0. The van der Waals surface area contributed by atoms with Crippen molar-refractivity contribution in [1.29, 1.82) is 0 Å². The van der Waals surface area contributed by atoms with Gasteiger partial charge in [0.05, 0.1) is 0 Å². The number of aliphatic hydroxyl groups excluding tert-OH is 1. The number of carbonyl (C=O) groups is 1. The van der Waals surface area contributed by atoms with E-state index in [9.17, 15) is 4.79 Å². The van der Waals surface area contributed by atoms with E-state index in [1.807, 2.05) is 0 Å². The van der Waals surface area contributed by atoms with Crippen LogP contribution in [-0.4, -0.2) is 17.0 Å². The molecular weight excluding hydrogens is 140 g/mol. The van der Waals surface area contributed by atoms with Gasteiger partial charge < -0.3 is 5.11 Å². The van der Waals surface area contributed by atoms with E-state index in [-0.39, 0.29) is 5.78 Å². The highest BCUT2D eigenvalue weighted by Crippen LogP contribution is 2.01. The minimum absolute atomic E-state index is 0.0947. The Morgan fingerprint density at radius 3 is 2.82 bits per heavy atom. The molecule has 0 radical (unpaired) electrons. The molecule has 0 bridgehead atoms. The fourth-order valence-corrected chi connectivity index (χ4v) is 0.759. The minimum atomic E-state index is -0.784. The second kappa shape index (κ2) is 5.94. The molecule has 2 nitrogen and oxygen atoms in total. The van der Waals surface area contributed by atoms with E-state index < -0.39 is 6.10 Å². The van der Waals surface area contributed by atoms with Crippen molar-refractivity contribution in [3.63, 3.8) is 0 Å². The summed E-state index contributed by atoms with van der Waals surface area (Å²) in [6.45, 7) is 1.78. The first-order chi connectivity index (χ1) is 5.22. The molecule has 0 aromatic carbocycles. The maximum atomic E-state index is 10.9. The van der Waals surface area contributed by atoms with Crippen molar-refractivity contribution in [3.8, 4) is 12.3 Å². The van der Waals surface area contributed by atoms with E-state index in [0.717, 1.165) is 0 Å². The number of unbranched alkanes of at least 4 members (excludes halogenated alkanes) is 1. The van der Waals surface area contributed by atoms with Gasteiger partial charge in [0.2, 0.25) is 0 Å². The van der Waals surface area contributed by atoms with Gasteiger partial charge in [-0.25, -0.2) is 0 Å². The second-order valence-electron chi connectivity index (χ2n) is 2.45. The molecule has 0 aromatic rings. The molecule has 1 atom stereocenters. The van der Waals surface area contributed by atoms with Crippen LogP contribution in [0.1, 0.15) is 32.6 Å². The Bertz CT molecular complexity index is 155. The molecular formula is C9H14O2. The molecule has 62 valence electrons. The molecule has 0 saturated carbocycles. The van der Waals surface area contributed by atoms with Crippen molar-refractivity contribution in [2.24, 2.45) is 0 Å². The Labute approximate surface area is 67.6 Å². The van der Waals surface area contributed by atoms with Gasteiger partial charge in [0, 0.05) is 12.8 Å². The molecule has 0 aromatic heterocycles. The quantitative estimate of drug-likeness (QED) is 0.476. The first-order valence-corrected chi connectivity index (χ1v) is 3.86. The van der Waals surface area contributed by atoms with Crippen molar-refractivity contribution in [2.45, 2.75) is 38.7 Å². The average molecular weight is 154 g/mol. The lowest BCUT2D eigenvalue weighted by Crippen LogP contribution is -2.18. The molecule has 11 heavy (non-hydrogen) atoms. The topological polar surface area (TPSA) is 37.3 Å². The molecule has 1 N–H and O–H groups in total. The first-order valence-electron chi connectivity index (χ1n) is 3.86. The largest absolute Gasteiger partial charge is 0.385 e. The standard InChI is InChI=1S/C9H14O2/c1-3-5-6-7-9(11)8(10)4-2/h1,8,10H,4-7H2,2H3. The lowest BCUT2D eigenvalue weighted by Gasteiger charge is -2.04. The van der Waals surface area contributed by atoms with E-state index >= 15 is 0 Å². The third-order valence-corrected chi connectivity index (χ3v) is 1.50. The normalized spacial score (nSPS) is 12.1. The van der Waals surface area contributed by atoms with Crippen LogP contribution in [0.3, 0.4) is 0 Å². The van der Waals surface area contributed by atoms with Gasteiger partial charge in [-0.05, 0) is 12.8 Å². The Balaban J connectivity index is 3.46. The van der Waals surface area contributed by atoms with Crippen LogP contribution in [0.5, 0.6) is 0 Å². The average Bonchev–Trinajstić information content (AvgIpc) is 2.03. The number of terminal acetylenes is 1. The fraction of sp³-hybridized carbons (Fsp3) is 0.667. The highest BCUT2D eigenvalue weighted by molar-refractivity contribution is 5.82. The van der Waals surface area contributed by atoms with Gasteiger partial charge in [-0.1, -0.05) is 6.92 Å². The van der Waals surface area contributed by atoms with Gasteiger partial charge in [-0.15, -0.1) is 12.3 Å². The Kier molecular flexibility index (Phi) is 5.50. The van der Waals surface area contributed by atoms with Crippen molar-refractivity contribution < 1.29 is 9.90 Å². The summed E-state index contributed by atoms with van der Waals surface area (Å²) in [5, 5.41) is 9.02. The van der Waals surface area contributed by atoms with Gasteiger partial charge in [-0.2, -0.15) is 0 Å². The second-order valence-corrected chi connectivity index (χ2v) is 2.45. The molecule has 0 aliphatic rings. The maximum absolute atomic E-state index is 10.9. The molecule has 1 unspecified atom stereocenters. The van der Waals surface area contributed by atoms with E-state index in [1.165, 1.54) is 0 Å². The summed E-state index contributed by atoms with van der Waals surface area (Å²) < 4.78 is 0. The molecule has 0 heterocycles. The first kappa shape index (κ1) is 10.2. The molecule has 0 aliphatic carbocycles. The third-order valence-electron chi connectivity index (χ3n) is 1.50. The summed E-state index contributed by atoms with van der Waals surface area (Å²) in [5.74, 6) is 2.35. The van der Waals surface area contributed by atoms with E-state index in [0.29, 0.717) is 25.7 Å². The van der Waals surface area contributed by atoms with Crippen LogP contribution < -0.4 is 0 Å². The van der Waals surface area contributed by atoms with Gasteiger partial charge in [-0.3, -0.25) is 4.79 Å². The SMILES string of the molecule is C#CCCCC(=O)C(O)CC. The number of rotatable bonds is 5. The van der Waals surface area contributed by atoms with Crippen LogP contribution in [0.15, 0.2) is 0 Å². The minimum Gasteiger partial charge on any atom is -0.385 e. The van der Waals surface area contributed by atoms with Crippen LogP contribution in [0.2, 0.25) is 0 Å². The highest BCUT2D eigenvalue weighted by atomic mass is 16.3. The van der Waals surface area contributed by atoms with Crippen LogP contribution >= 0.6 is 0 Å². The van der Waals surface area contributed by atoms with Crippen LogP contribution in [0.4, 0.5) is 0 Å². The summed E-state index contributed by atoms with van der Waals surface area (Å²) in [7, 11) is 0. The molecule has 2 heteroatoms. The zero-order valence-electron chi connectivity index (χ0n) is 6.84. The molecule has 0 rings (SSSR count). The van der Waals surface area contributed by atoms with Gasteiger partial charge >= 0.3 is 0 Å². The Morgan fingerprint density at radius 1 is 1.73 bits per heavy atom. The van der Waals surface area contributed by atoms with Gasteiger partial charge in [0.1, 0.15) is 6.10 Å². The number of aliphatic hydroxyl groups is 1. The zero-order valence-corrected chi connectivity index (χ0v) is 6.84. The van der Waals surface area contributed by atoms with Crippen LogP contribution in [0.25, 0.3) is 0 Å². The number of Topliss-reactive ketones (excluding diaryl/α,β-unsaturated/α-hetero) is 1. The molecule has 0 aliphatic heterocycles. The molecule has 0 amide bonds. The fourth-order valence-electron chi connectivity index (χ4n) is 0.759. The van der Waals surface area contributed by atoms with Crippen molar-refractivity contribution in [3.05, 3.63) is 0 Å². The zero-order chi connectivity index (χ0) is 8.69. The summed E-state index contributed by atoms with van der Waals surface area (Å²) in [5.41, 5.74) is 0. The predicted molar refractivity (Wildman–Crippen MR) is 44.0 cm³/mol. The number of ketones is 1.